The van der Waals surface area contributed by atoms with E-state index in [0.717, 1.165) is 5.56 Å². The Morgan fingerprint density at radius 1 is 1.14 bits per heavy atom. The van der Waals surface area contributed by atoms with Gasteiger partial charge < -0.3 is 0 Å². The van der Waals surface area contributed by atoms with Crippen molar-refractivity contribution in [2.24, 2.45) is 0 Å². The lowest BCUT2D eigenvalue weighted by Gasteiger charge is -2.26. The predicted octanol–water partition coefficient (Wildman–Crippen LogP) is 4.56. The summed E-state index contributed by atoms with van der Waals surface area (Å²) in [6, 6.07) is 7.84. The maximum Gasteiger partial charge on any atom is 0.147 e. The van der Waals surface area contributed by atoms with E-state index in [1.807, 2.05) is 13.0 Å². The van der Waals surface area contributed by atoms with Gasteiger partial charge >= 0.3 is 0 Å². The molecule has 4 heteroatoms. The highest BCUT2D eigenvalue weighted by atomic mass is 19.1. The van der Waals surface area contributed by atoms with E-state index in [0.29, 0.717) is 36.0 Å². The number of aryl methyl sites for hydroxylation is 1. The molecule has 0 aliphatic heterocycles. The molecule has 0 aromatic heterocycles. The van der Waals surface area contributed by atoms with E-state index >= 15 is 0 Å². The number of hydrogen-bond donors (Lipinski definition) is 0. The van der Waals surface area contributed by atoms with Crippen LogP contribution in [-0.4, -0.2) is 0 Å². The minimum atomic E-state index is -0.844. The van der Waals surface area contributed by atoms with Crippen LogP contribution in [0.15, 0.2) is 24.3 Å². The molecule has 0 saturated heterocycles. The second kappa shape index (κ2) is 5.49. The Hall–Kier alpha value is -2.28. The fourth-order valence-corrected chi connectivity index (χ4v) is 3.18. The van der Waals surface area contributed by atoms with Crippen molar-refractivity contribution in [1.29, 1.82) is 5.26 Å². The molecular formula is C18H14F3N. The fraction of sp³-hybridized carbons (Fsp3) is 0.278. The maximum absolute atomic E-state index is 14.1. The van der Waals surface area contributed by atoms with Crippen molar-refractivity contribution in [2.75, 3.05) is 0 Å². The Kier molecular flexibility index (Phi) is 3.66. The van der Waals surface area contributed by atoms with Gasteiger partial charge in [0.05, 0.1) is 0 Å². The standard InChI is InChI=1S/C18H14F3N/c1-10-2-4-13(16(19)6-10)11-3-5-14-12(7-11)8-17(20)15(9-22)18(14)21/h2,4,6,8,11H,3,5,7H2,1H3. The highest BCUT2D eigenvalue weighted by Crippen LogP contribution is 2.36. The molecule has 3 rings (SSSR count). The van der Waals surface area contributed by atoms with Gasteiger partial charge in [-0.2, -0.15) is 5.26 Å². The summed E-state index contributed by atoms with van der Waals surface area (Å²) in [5.41, 5.74) is 1.82. The highest BCUT2D eigenvalue weighted by Gasteiger charge is 2.27. The van der Waals surface area contributed by atoms with Crippen LogP contribution in [0, 0.1) is 35.7 Å². The second-order valence-electron chi connectivity index (χ2n) is 5.76. The minimum Gasteiger partial charge on any atom is -0.207 e. The lowest BCUT2D eigenvalue weighted by molar-refractivity contribution is 0.503. The number of rotatable bonds is 1. The summed E-state index contributed by atoms with van der Waals surface area (Å²) < 4.78 is 42.0. The molecule has 0 N–H and O–H groups in total. The zero-order chi connectivity index (χ0) is 15.9. The summed E-state index contributed by atoms with van der Waals surface area (Å²) in [7, 11) is 0. The van der Waals surface area contributed by atoms with Crippen LogP contribution in [0.25, 0.3) is 0 Å². The Morgan fingerprint density at radius 2 is 1.91 bits per heavy atom. The number of hydrogen-bond acceptors (Lipinski definition) is 1. The van der Waals surface area contributed by atoms with E-state index in [9.17, 15) is 13.2 Å². The normalized spacial score (nSPS) is 17.0. The fourth-order valence-electron chi connectivity index (χ4n) is 3.18. The molecule has 1 nitrogen and oxygen atoms in total. The van der Waals surface area contributed by atoms with Crippen LogP contribution in [-0.2, 0) is 12.8 Å². The van der Waals surface area contributed by atoms with Crippen molar-refractivity contribution in [3.8, 4) is 6.07 Å². The van der Waals surface area contributed by atoms with Crippen LogP contribution < -0.4 is 0 Å². The molecule has 0 amide bonds. The monoisotopic (exact) mass is 301 g/mol. The predicted molar refractivity (Wildman–Crippen MR) is 77.0 cm³/mol. The van der Waals surface area contributed by atoms with E-state index < -0.39 is 17.2 Å². The van der Waals surface area contributed by atoms with Crippen molar-refractivity contribution in [1.82, 2.24) is 0 Å². The van der Waals surface area contributed by atoms with Gasteiger partial charge in [-0.25, -0.2) is 13.2 Å². The van der Waals surface area contributed by atoms with Crippen LogP contribution in [0.5, 0.6) is 0 Å². The Bertz CT molecular complexity index is 790. The molecule has 0 heterocycles. The van der Waals surface area contributed by atoms with Gasteiger partial charge in [0.15, 0.2) is 0 Å². The molecule has 2 aromatic rings. The van der Waals surface area contributed by atoms with Crippen molar-refractivity contribution in [3.05, 3.63) is 69.5 Å². The van der Waals surface area contributed by atoms with E-state index in [1.54, 1.807) is 12.1 Å². The highest BCUT2D eigenvalue weighted by molar-refractivity contribution is 5.44. The molecule has 0 spiro atoms. The molecule has 1 aliphatic carbocycles. The molecule has 112 valence electrons. The summed E-state index contributed by atoms with van der Waals surface area (Å²) in [5.74, 6) is -1.98. The van der Waals surface area contributed by atoms with E-state index in [1.165, 1.54) is 12.1 Å². The molecule has 0 saturated carbocycles. The van der Waals surface area contributed by atoms with Crippen LogP contribution in [0.3, 0.4) is 0 Å². The van der Waals surface area contributed by atoms with Crippen LogP contribution in [0.1, 0.15) is 40.2 Å². The molecule has 0 fully saturated rings. The first-order valence-electron chi connectivity index (χ1n) is 7.17. The topological polar surface area (TPSA) is 23.8 Å². The number of fused-ring (bicyclic) bond motifs is 1. The van der Waals surface area contributed by atoms with Gasteiger partial charge in [-0.1, -0.05) is 12.1 Å². The van der Waals surface area contributed by atoms with Crippen molar-refractivity contribution < 1.29 is 13.2 Å². The first kappa shape index (κ1) is 14.6. The van der Waals surface area contributed by atoms with Crippen molar-refractivity contribution in [3.63, 3.8) is 0 Å². The minimum absolute atomic E-state index is 0.0974. The number of nitrogens with zero attached hydrogens (tertiary/aromatic N) is 1. The summed E-state index contributed by atoms with van der Waals surface area (Å²) in [6.45, 7) is 1.82. The van der Waals surface area contributed by atoms with Gasteiger partial charge in [0.1, 0.15) is 29.1 Å². The third-order valence-electron chi connectivity index (χ3n) is 4.33. The Balaban J connectivity index is 2.00. The number of benzene rings is 2. The second-order valence-corrected chi connectivity index (χ2v) is 5.76. The summed E-state index contributed by atoms with van der Waals surface area (Å²) in [6.07, 6.45) is 1.35. The zero-order valence-corrected chi connectivity index (χ0v) is 12.1. The molecule has 1 unspecified atom stereocenters. The first-order valence-corrected chi connectivity index (χ1v) is 7.17. The molecule has 22 heavy (non-hydrogen) atoms. The SMILES string of the molecule is Cc1ccc(C2CCc3c(cc(F)c(C#N)c3F)C2)c(F)c1. The summed E-state index contributed by atoms with van der Waals surface area (Å²) >= 11 is 0. The Morgan fingerprint density at radius 3 is 2.59 bits per heavy atom. The average molecular weight is 301 g/mol. The molecule has 0 bridgehead atoms. The van der Waals surface area contributed by atoms with Gasteiger partial charge in [-0.05, 0) is 66.5 Å². The van der Waals surface area contributed by atoms with Gasteiger partial charge in [0.25, 0.3) is 0 Å². The third-order valence-corrected chi connectivity index (χ3v) is 4.33. The summed E-state index contributed by atoms with van der Waals surface area (Å²) in [5, 5.41) is 8.81. The number of nitriles is 1. The third kappa shape index (κ3) is 2.37. The van der Waals surface area contributed by atoms with E-state index in [4.69, 9.17) is 5.26 Å². The smallest absolute Gasteiger partial charge is 0.147 e. The van der Waals surface area contributed by atoms with Gasteiger partial charge in [-0.3, -0.25) is 0 Å². The van der Waals surface area contributed by atoms with Crippen LogP contribution in [0.4, 0.5) is 13.2 Å². The van der Waals surface area contributed by atoms with Crippen LogP contribution in [0.2, 0.25) is 0 Å². The Labute approximate surface area is 127 Å². The van der Waals surface area contributed by atoms with E-state index in [-0.39, 0.29) is 11.7 Å². The average Bonchev–Trinajstić information content (AvgIpc) is 2.47. The van der Waals surface area contributed by atoms with E-state index in [2.05, 4.69) is 0 Å². The summed E-state index contributed by atoms with van der Waals surface area (Å²) in [4.78, 5) is 0. The zero-order valence-electron chi connectivity index (χ0n) is 12.1. The lowest BCUT2D eigenvalue weighted by Crippen LogP contribution is -2.17. The number of halogens is 3. The van der Waals surface area contributed by atoms with Crippen molar-refractivity contribution in [2.45, 2.75) is 32.1 Å². The largest absolute Gasteiger partial charge is 0.207 e. The van der Waals surface area contributed by atoms with Gasteiger partial charge in [0.2, 0.25) is 0 Å². The van der Waals surface area contributed by atoms with Gasteiger partial charge in [-0.15, -0.1) is 0 Å². The van der Waals surface area contributed by atoms with Crippen LogP contribution >= 0.6 is 0 Å². The molecular weight excluding hydrogens is 287 g/mol. The molecule has 1 aliphatic rings. The lowest BCUT2D eigenvalue weighted by atomic mass is 9.79. The molecule has 0 radical (unpaired) electrons. The van der Waals surface area contributed by atoms with Crippen molar-refractivity contribution >= 4 is 0 Å². The maximum atomic E-state index is 14.1. The molecule has 1 atom stereocenters. The molecule has 2 aromatic carbocycles. The van der Waals surface area contributed by atoms with Gasteiger partial charge in [0, 0.05) is 0 Å². The quantitative estimate of drug-likeness (QED) is 0.757. The first-order chi connectivity index (χ1) is 10.5.